The van der Waals surface area contributed by atoms with Gasteiger partial charge in [-0.15, -0.1) is 0 Å². The minimum atomic E-state index is -0.662. The van der Waals surface area contributed by atoms with Gasteiger partial charge in [0.05, 0.1) is 23.0 Å². The first-order valence-corrected chi connectivity index (χ1v) is 11.9. The van der Waals surface area contributed by atoms with Crippen LogP contribution in [0.15, 0.2) is 103 Å². The summed E-state index contributed by atoms with van der Waals surface area (Å²) in [6.07, 6.45) is 3.49. The summed E-state index contributed by atoms with van der Waals surface area (Å²) in [5, 5.41) is 3.74. The molecule has 1 aliphatic rings. The van der Waals surface area contributed by atoms with E-state index in [0.717, 1.165) is 16.7 Å². The fourth-order valence-corrected chi connectivity index (χ4v) is 4.46. The summed E-state index contributed by atoms with van der Waals surface area (Å²) < 4.78 is 12.3. The largest absolute Gasteiger partial charge is 0.516 e. The van der Waals surface area contributed by atoms with Crippen LogP contribution in [0.1, 0.15) is 44.4 Å². The molecule has 1 aromatic heterocycles. The molecule has 0 spiro atoms. The Morgan fingerprint density at radius 3 is 1.43 bits per heavy atom. The Balaban J connectivity index is 1.56. The standard InChI is InChI=1S/C29H30BN3O2/c1-27(2)28(3,4)35-30(34-27)25-20-32-26(21-31-25)33-29(22-14-8-5-9-15-22,23-16-10-6-11-17-23)24-18-12-7-13-19-24/h5-21H,1-4H3,(H,32,33). The van der Waals surface area contributed by atoms with Gasteiger partial charge in [-0.25, -0.2) is 4.98 Å². The van der Waals surface area contributed by atoms with Crippen LogP contribution in [0.3, 0.4) is 0 Å². The van der Waals surface area contributed by atoms with E-state index in [1.165, 1.54) is 0 Å². The van der Waals surface area contributed by atoms with Crippen molar-refractivity contribution in [3.63, 3.8) is 0 Å². The molecule has 0 bridgehead atoms. The third kappa shape index (κ3) is 4.24. The van der Waals surface area contributed by atoms with Crippen LogP contribution in [0, 0.1) is 0 Å². The Morgan fingerprint density at radius 1 is 0.629 bits per heavy atom. The molecule has 0 radical (unpaired) electrons. The van der Waals surface area contributed by atoms with Crippen LogP contribution in [0.4, 0.5) is 5.82 Å². The number of rotatable bonds is 6. The van der Waals surface area contributed by atoms with E-state index in [1.807, 2.05) is 45.9 Å². The summed E-state index contributed by atoms with van der Waals surface area (Å²) in [6, 6.07) is 31.3. The van der Waals surface area contributed by atoms with E-state index in [1.54, 1.807) is 12.4 Å². The first kappa shape index (κ1) is 23.3. The molecule has 1 saturated heterocycles. The van der Waals surface area contributed by atoms with E-state index in [-0.39, 0.29) is 0 Å². The Hall–Kier alpha value is -3.48. The second-order valence-corrected chi connectivity index (χ2v) is 9.89. The van der Waals surface area contributed by atoms with Crippen molar-refractivity contribution in [1.82, 2.24) is 9.97 Å². The fourth-order valence-electron chi connectivity index (χ4n) is 4.46. The molecule has 5 rings (SSSR count). The summed E-state index contributed by atoms with van der Waals surface area (Å²) in [4.78, 5) is 9.43. The molecule has 0 aliphatic carbocycles. The van der Waals surface area contributed by atoms with E-state index in [0.29, 0.717) is 11.4 Å². The molecule has 0 unspecified atom stereocenters. The molecule has 3 aromatic carbocycles. The van der Waals surface area contributed by atoms with Crippen LogP contribution in [-0.4, -0.2) is 28.3 Å². The number of hydrogen-bond acceptors (Lipinski definition) is 5. The van der Waals surface area contributed by atoms with Crippen molar-refractivity contribution >= 4 is 18.5 Å². The predicted octanol–water partition coefficient (Wildman–Crippen LogP) is 5.18. The lowest BCUT2D eigenvalue weighted by atomic mass is 9.77. The quantitative estimate of drug-likeness (QED) is 0.316. The SMILES string of the molecule is CC1(C)OB(c2cnc(NC(c3ccccc3)(c3ccccc3)c3ccccc3)cn2)OC1(C)C. The van der Waals surface area contributed by atoms with Crippen molar-refractivity contribution in [3.05, 3.63) is 120 Å². The van der Waals surface area contributed by atoms with Crippen LogP contribution in [-0.2, 0) is 14.8 Å². The Morgan fingerprint density at radius 2 is 1.06 bits per heavy atom. The number of aromatic nitrogens is 2. The maximum absolute atomic E-state index is 6.15. The van der Waals surface area contributed by atoms with Gasteiger partial charge in [-0.3, -0.25) is 4.98 Å². The van der Waals surface area contributed by atoms with Gasteiger partial charge in [-0.05, 0) is 44.4 Å². The van der Waals surface area contributed by atoms with Crippen LogP contribution in [0.2, 0.25) is 0 Å². The third-order valence-corrected chi connectivity index (χ3v) is 7.10. The fraction of sp³-hybridized carbons (Fsp3) is 0.241. The van der Waals surface area contributed by atoms with Gasteiger partial charge in [0, 0.05) is 6.20 Å². The summed E-state index contributed by atoms with van der Waals surface area (Å²) in [7, 11) is -0.552. The highest BCUT2D eigenvalue weighted by Gasteiger charge is 2.52. The third-order valence-electron chi connectivity index (χ3n) is 7.10. The Labute approximate surface area is 207 Å². The molecule has 4 aromatic rings. The molecule has 0 amide bonds. The number of anilines is 1. The zero-order valence-corrected chi connectivity index (χ0v) is 20.6. The van der Waals surface area contributed by atoms with E-state index >= 15 is 0 Å². The molecular formula is C29H30BN3O2. The molecule has 1 aliphatic heterocycles. The summed E-state index contributed by atoms with van der Waals surface area (Å²) in [6.45, 7) is 8.13. The molecule has 0 atom stereocenters. The first-order chi connectivity index (χ1) is 16.8. The molecule has 1 fully saturated rings. The maximum Gasteiger partial charge on any atom is 0.516 e. The minimum absolute atomic E-state index is 0.431. The monoisotopic (exact) mass is 463 g/mol. The average molecular weight is 463 g/mol. The zero-order chi connectivity index (χ0) is 24.5. The number of nitrogens with one attached hydrogen (secondary N) is 1. The van der Waals surface area contributed by atoms with Gasteiger partial charge in [0.15, 0.2) is 0 Å². The second-order valence-electron chi connectivity index (χ2n) is 9.89. The van der Waals surface area contributed by atoms with E-state index in [4.69, 9.17) is 14.3 Å². The highest BCUT2D eigenvalue weighted by molar-refractivity contribution is 6.61. The lowest BCUT2D eigenvalue weighted by molar-refractivity contribution is 0.00578. The molecule has 176 valence electrons. The molecule has 6 heteroatoms. The van der Waals surface area contributed by atoms with Crippen LogP contribution in [0.5, 0.6) is 0 Å². The van der Waals surface area contributed by atoms with Crippen LogP contribution >= 0.6 is 0 Å². The van der Waals surface area contributed by atoms with E-state index in [2.05, 4.69) is 83.1 Å². The van der Waals surface area contributed by atoms with Gasteiger partial charge in [-0.1, -0.05) is 91.0 Å². The number of benzene rings is 3. The molecular weight excluding hydrogens is 433 g/mol. The zero-order valence-electron chi connectivity index (χ0n) is 20.6. The predicted molar refractivity (Wildman–Crippen MR) is 141 cm³/mol. The Bertz CT molecular complexity index is 1150. The second kappa shape index (κ2) is 8.95. The lowest BCUT2D eigenvalue weighted by Crippen LogP contribution is -2.41. The summed E-state index contributed by atoms with van der Waals surface area (Å²) in [5.74, 6) is 0.654. The number of hydrogen-bond donors (Lipinski definition) is 1. The van der Waals surface area contributed by atoms with Crippen molar-refractivity contribution in [2.75, 3.05) is 5.32 Å². The van der Waals surface area contributed by atoms with Gasteiger partial charge < -0.3 is 14.6 Å². The molecule has 2 heterocycles. The topological polar surface area (TPSA) is 56.3 Å². The molecule has 5 nitrogen and oxygen atoms in total. The highest BCUT2D eigenvalue weighted by Crippen LogP contribution is 2.40. The van der Waals surface area contributed by atoms with Gasteiger partial charge >= 0.3 is 7.12 Å². The number of nitrogens with zero attached hydrogens (tertiary/aromatic N) is 2. The van der Waals surface area contributed by atoms with E-state index < -0.39 is 23.9 Å². The van der Waals surface area contributed by atoms with Crippen molar-refractivity contribution in [2.24, 2.45) is 0 Å². The van der Waals surface area contributed by atoms with Crippen molar-refractivity contribution < 1.29 is 9.31 Å². The molecule has 1 N–H and O–H groups in total. The minimum Gasteiger partial charge on any atom is -0.398 e. The van der Waals surface area contributed by atoms with Crippen LogP contribution in [0.25, 0.3) is 0 Å². The van der Waals surface area contributed by atoms with Crippen molar-refractivity contribution in [2.45, 2.75) is 44.4 Å². The Kier molecular flexibility index (Phi) is 5.95. The molecule has 35 heavy (non-hydrogen) atoms. The van der Waals surface area contributed by atoms with Crippen LogP contribution < -0.4 is 10.9 Å². The average Bonchev–Trinajstić information content (AvgIpc) is 3.11. The normalized spacial score (nSPS) is 16.7. The van der Waals surface area contributed by atoms with Crippen molar-refractivity contribution in [3.8, 4) is 0 Å². The summed E-state index contributed by atoms with van der Waals surface area (Å²) >= 11 is 0. The van der Waals surface area contributed by atoms with Gasteiger partial charge in [0.25, 0.3) is 0 Å². The van der Waals surface area contributed by atoms with Gasteiger partial charge in [0.2, 0.25) is 0 Å². The van der Waals surface area contributed by atoms with E-state index in [9.17, 15) is 0 Å². The van der Waals surface area contributed by atoms with Crippen molar-refractivity contribution in [1.29, 1.82) is 0 Å². The van der Waals surface area contributed by atoms with Gasteiger partial charge in [-0.2, -0.15) is 0 Å². The highest BCUT2D eigenvalue weighted by atomic mass is 16.7. The maximum atomic E-state index is 6.15. The van der Waals surface area contributed by atoms with Gasteiger partial charge in [0.1, 0.15) is 11.4 Å². The summed E-state index contributed by atoms with van der Waals surface area (Å²) in [5.41, 5.74) is 2.44. The molecule has 0 saturated carbocycles. The first-order valence-electron chi connectivity index (χ1n) is 11.9. The smallest absolute Gasteiger partial charge is 0.398 e. The lowest BCUT2D eigenvalue weighted by Gasteiger charge is -2.37.